The van der Waals surface area contributed by atoms with Gasteiger partial charge in [0.2, 0.25) is 0 Å². The fraction of sp³-hybridized carbons (Fsp3) is 0.957. The van der Waals surface area contributed by atoms with E-state index in [1.807, 2.05) is 0 Å². The molecule has 0 aromatic carbocycles. The molecule has 7 atom stereocenters. The van der Waals surface area contributed by atoms with Crippen LogP contribution in [0, 0.1) is 34.5 Å². The summed E-state index contributed by atoms with van der Waals surface area (Å²) in [6.07, 6.45) is 7.60. The lowest BCUT2D eigenvalue weighted by Gasteiger charge is -2.57. The van der Waals surface area contributed by atoms with E-state index in [-0.39, 0.29) is 22.9 Å². The van der Waals surface area contributed by atoms with Gasteiger partial charge in [0.1, 0.15) is 6.10 Å². The first kappa shape index (κ1) is 20.6. The van der Waals surface area contributed by atoms with Crippen LogP contribution in [0.4, 0.5) is 0 Å². The minimum Gasteiger partial charge on any atom is -0.462 e. The molecular weight excluding hydrogens is 354 g/mol. The topological polar surface area (TPSA) is 70.8 Å². The van der Waals surface area contributed by atoms with Crippen LogP contribution in [0.15, 0.2) is 0 Å². The van der Waals surface area contributed by atoms with Gasteiger partial charge in [-0.2, -0.15) is 0 Å². The molecule has 5 nitrogen and oxygen atoms in total. The zero-order valence-corrected chi connectivity index (χ0v) is 18.2. The smallest absolute Gasteiger partial charge is 0.302 e. The zero-order chi connectivity index (χ0) is 20.2. The Hall–Kier alpha value is -0.650. The van der Waals surface area contributed by atoms with E-state index in [0.717, 1.165) is 38.1 Å². The summed E-state index contributed by atoms with van der Waals surface area (Å²) in [4.78, 5) is 12.1. The van der Waals surface area contributed by atoms with Crippen LogP contribution in [0.5, 0.6) is 0 Å². The molecule has 0 aromatic heterocycles. The maximum atomic E-state index is 12.1. The molecule has 0 radical (unpaired) electrons. The molecule has 0 bridgehead atoms. The van der Waals surface area contributed by atoms with Crippen LogP contribution in [0.25, 0.3) is 0 Å². The highest BCUT2D eigenvalue weighted by molar-refractivity contribution is 5.66. The van der Waals surface area contributed by atoms with E-state index in [2.05, 4.69) is 20.8 Å². The number of hydrogen-bond acceptors (Lipinski definition) is 5. The monoisotopic (exact) mass is 393 g/mol. The van der Waals surface area contributed by atoms with Crippen LogP contribution in [0.2, 0.25) is 0 Å². The Balaban J connectivity index is 1.67. The van der Waals surface area contributed by atoms with Crippen molar-refractivity contribution in [3.8, 4) is 0 Å². The van der Waals surface area contributed by atoms with Gasteiger partial charge in [0.25, 0.3) is 0 Å². The van der Waals surface area contributed by atoms with Gasteiger partial charge < -0.3 is 19.9 Å². The van der Waals surface area contributed by atoms with Crippen LogP contribution in [0.3, 0.4) is 0 Å². The molecule has 160 valence electrons. The maximum Gasteiger partial charge on any atom is 0.302 e. The first-order valence-electron chi connectivity index (χ1n) is 11.4. The minimum absolute atomic E-state index is 0.0594. The number of ether oxygens (including phenoxy) is 3. The Bertz CT molecular complexity index is 603. The number of nitrogens with two attached hydrogens (primary N) is 1. The average Bonchev–Trinajstić information content (AvgIpc) is 3.24. The van der Waals surface area contributed by atoms with Gasteiger partial charge in [-0.3, -0.25) is 4.79 Å². The SMILES string of the molecule is CC(=O)O[C@H]1C2CCC3(OCCO3)[C@@]2(C)CCC1[C@@]1(C)CC[C@H](C)C[C@@H]1CN. The molecule has 1 saturated heterocycles. The molecule has 3 saturated carbocycles. The lowest BCUT2D eigenvalue weighted by atomic mass is 9.51. The third-order valence-electron chi connectivity index (χ3n) is 9.22. The second-order valence-corrected chi connectivity index (χ2v) is 10.5. The van der Waals surface area contributed by atoms with Gasteiger partial charge in [0.05, 0.1) is 13.2 Å². The number of carbonyl (C=O) groups is 1. The van der Waals surface area contributed by atoms with Crippen LogP contribution in [-0.4, -0.2) is 37.6 Å². The molecule has 4 aliphatic rings. The second-order valence-electron chi connectivity index (χ2n) is 10.5. The number of fused-ring (bicyclic) bond motifs is 2. The molecule has 28 heavy (non-hydrogen) atoms. The van der Waals surface area contributed by atoms with Crippen molar-refractivity contribution in [2.24, 2.45) is 40.2 Å². The highest BCUT2D eigenvalue weighted by Crippen LogP contribution is 2.65. The van der Waals surface area contributed by atoms with Gasteiger partial charge in [-0.15, -0.1) is 0 Å². The van der Waals surface area contributed by atoms with Gasteiger partial charge in [-0.05, 0) is 55.9 Å². The van der Waals surface area contributed by atoms with Crippen LogP contribution in [-0.2, 0) is 19.0 Å². The van der Waals surface area contributed by atoms with Crippen molar-refractivity contribution in [2.45, 2.75) is 84.5 Å². The number of esters is 1. The van der Waals surface area contributed by atoms with Crippen LogP contribution < -0.4 is 5.73 Å². The molecule has 4 fully saturated rings. The standard InChI is InChI=1S/C23H39NO4/c1-15-5-8-21(3,17(13-15)14-24)18-6-9-22(4)19(20(18)28-16(2)25)7-10-23(22)26-11-12-27-23/h15,17-20H,5-14,24H2,1-4H3/t15-,17+,18?,19?,20+,21-,22-/m0/s1. The van der Waals surface area contributed by atoms with E-state index in [1.165, 1.54) is 19.3 Å². The van der Waals surface area contributed by atoms with Gasteiger partial charge in [0, 0.05) is 30.6 Å². The van der Waals surface area contributed by atoms with Crippen molar-refractivity contribution < 1.29 is 19.0 Å². The Labute approximate surface area is 170 Å². The summed E-state index contributed by atoms with van der Waals surface area (Å²) in [5.41, 5.74) is 6.32. The van der Waals surface area contributed by atoms with Crippen molar-refractivity contribution in [1.82, 2.24) is 0 Å². The molecular formula is C23H39NO4. The molecule has 1 aliphatic heterocycles. The first-order valence-corrected chi connectivity index (χ1v) is 11.4. The van der Waals surface area contributed by atoms with Gasteiger partial charge in [0.15, 0.2) is 5.79 Å². The fourth-order valence-corrected chi connectivity index (χ4v) is 7.51. The Kier molecular flexibility index (Phi) is 5.33. The summed E-state index contributed by atoms with van der Waals surface area (Å²) in [7, 11) is 0. The van der Waals surface area contributed by atoms with E-state index in [1.54, 1.807) is 6.92 Å². The third-order valence-corrected chi connectivity index (χ3v) is 9.22. The van der Waals surface area contributed by atoms with Gasteiger partial charge in [-0.25, -0.2) is 0 Å². The van der Waals surface area contributed by atoms with E-state index in [9.17, 15) is 4.79 Å². The normalized spacial score (nSPS) is 47.8. The maximum absolute atomic E-state index is 12.1. The van der Waals surface area contributed by atoms with Gasteiger partial charge >= 0.3 is 5.97 Å². The average molecular weight is 394 g/mol. The summed E-state index contributed by atoms with van der Waals surface area (Å²) in [5, 5.41) is 0. The highest BCUT2D eigenvalue weighted by Gasteiger charge is 2.67. The molecule has 5 heteroatoms. The predicted molar refractivity (Wildman–Crippen MR) is 107 cm³/mol. The zero-order valence-electron chi connectivity index (χ0n) is 18.2. The second kappa shape index (κ2) is 7.24. The summed E-state index contributed by atoms with van der Waals surface area (Å²) in [6.45, 7) is 10.7. The first-order chi connectivity index (χ1) is 13.3. The molecule has 0 amide bonds. The molecule has 1 heterocycles. The van der Waals surface area contributed by atoms with Crippen molar-refractivity contribution in [3.05, 3.63) is 0 Å². The summed E-state index contributed by atoms with van der Waals surface area (Å²) in [6, 6.07) is 0. The van der Waals surface area contributed by atoms with E-state index in [4.69, 9.17) is 19.9 Å². The Morgan fingerprint density at radius 1 is 1.07 bits per heavy atom. The molecule has 3 aliphatic carbocycles. The highest BCUT2D eigenvalue weighted by atomic mass is 16.7. The Morgan fingerprint density at radius 3 is 2.39 bits per heavy atom. The van der Waals surface area contributed by atoms with Crippen LogP contribution >= 0.6 is 0 Å². The molecule has 2 unspecified atom stereocenters. The van der Waals surface area contributed by atoms with Gasteiger partial charge in [-0.1, -0.05) is 27.2 Å². The lowest BCUT2D eigenvalue weighted by molar-refractivity contribution is -0.252. The minimum atomic E-state index is -0.476. The quantitative estimate of drug-likeness (QED) is 0.737. The number of rotatable bonds is 3. The van der Waals surface area contributed by atoms with E-state index < -0.39 is 5.79 Å². The molecule has 1 spiro atoms. The molecule has 2 N–H and O–H groups in total. The predicted octanol–water partition coefficient (Wildman–Crippen LogP) is 3.89. The van der Waals surface area contributed by atoms with E-state index in [0.29, 0.717) is 31.0 Å². The summed E-state index contributed by atoms with van der Waals surface area (Å²) in [5.74, 6) is 1.26. The number of hydrogen-bond donors (Lipinski definition) is 1. The summed E-state index contributed by atoms with van der Waals surface area (Å²) >= 11 is 0. The number of carbonyl (C=O) groups excluding carboxylic acids is 1. The van der Waals surface area contributed by atoms with Crippen molar-refractivity contribution in [3.63, 3.8) is 0 Å². The van der Waals surface area contributed by atoms with E-state index >= 15 is 0 Å². The largest absolute Gasteiger partial charge is 0.462 e. The summed E-state index contributed by atoms with van der Waals surface area (Å²) < 4.78 is 18.5. The molecule has 4 rings (SSSR count). The van der Waals surface area contributed by atoms with Crippen molar-refractivity contribution in [1.29, 1.82) is 0 Å². The third kappa shape index (κ3) is 2.95. The Morgan fingerprint density at radius 2 is 1.75 bits per heavy atom. The van der Waals surface area contributed by atoms with Crippen molar-refractivity contribution >= 4 is 5.97 Å². The van der Waals surface area contributed by atoms with Crippen LogP contribution in [0.1, 0.15) is 72.6 Å². The fourth-order valence-electron chi connectivity index (χ4n) is 7.51. The van der Waals surface area contributed by atoms with Crippen molar-refractivity contribution in [2.75, 3.05) is 19.8 Å². The lowest BCUT2D eigenvalue weighted by Crippen LogP contribution is -2.58. The molecule has 0 aromatic rings.